The molecule has 17 nitrogen and oxygen atoms in total. The number of carbonyl (C=O) groups excluding carboxylic acids is 4. The first-order valence-electron chi connectivity index (χ1n) is 33.5. The Kier molecular flexibility index (Phi) is 55.2. The van der Waals surface area contributed by atoms with Crippen LogP contribution in [-0.2, 0) is 65.4 Å². The number of hydrogen-bond donors (Lipinski definition) is 3. The molecule has 0 fully saturated rings. The molecular formula is C64H124O17P2. The van der Waals surface area contributed by atoms with Gasteiger partial charge in [-0.15, -0.1) is 0 Å². The summed E-state index contributed by atoms with van der Waals surface area (Å²) in [7, 11) is -9.88. The van der Waals surface area contributed by atoms with E-state index in [1.807, 2.05) is 0 Å². The fraction of sp³-hybridized carbons (Fsp3) is 0.938. The summed E-state index contributed by atoms with van der Waals surface area (Å²) in [6.45, 7) is 9.37. The lowest BCUT2D eigenvalue weighted by Gasteiger charge is -2.21. The van der Waals surface area contributed by atoms with E-state index in [1.54, 1.807) is 0 Å². The van der Waals surface area contributed by atoms with Crippen LogP contribution in [0.4, 0.5) is 0 Å². The molecule has 0 aliphatic carbocycles. The van der Waals surface area contributed by atoms with Crippen LogP contribution < -0.4 is 0 Å². The van der Waals surface area contributed by atoms with E-state index >= 15 is 0 Å². The largest absolute Gasteiger partial charge is 0.472 e. The Balaban J connectivity index is 5.23. The highest BCUT2D eigenvalue weighted by Gasteiger charge is 2.30. The van der Waals surface area contributed by atoms with Crippen molar-refractivity contribution >= 4 is 39.5 Å². The van der Waals surface area contributed by atoms with Crippen LogP contribution in [0, 0.1) is 11.8 Å². The van der Waals surface area contributed by atoms with Crippen LogP contribution >= 0.6 is 15.6 Å². The molecule has 3 N–H and O–H groups in total. The minimum absolute atomic E-state index is 0.103. The molecule has 83 heavy (non-hydrogen) atoms. The number of phosphoric ester groups is 2. The second-order valence-corrected chi connectivity index (χ2v) is 27.0. The Bertz CT molecular complexity index is 1630. The predicted molar refractivity (Wildman–Crippen MR) is 331 cm³/mol. The second-order valence-electron chi connectivity index (χ2n) is 24.1. The number of ether oxygens (including phenoxy) is 4. The van der Waals surface area contributed by atoms with E-state index in [0.717, 1.165) is 96.3 Å². The molecule has 5 atom stereocenters. The Hall–Kier alpha value is -1.94. The third-order valence-electron chi connectivity index (χ3n) is 14.7. The fourth-order valence-corrected chi connectivity index (χ4v) is 11.1. The minimum atomic E-state index is -4.94. The zero-order valence-electron chi connectivity index (χ0n) is 53.5. The second kappa shape index (κ2) is 56.6. The Morgan fingerprint density at radius 2 is 0.554 bits per heavy atom. The van der Waals surface area contributed by atoms with Gasteiger partial charge in [0.25, 0.3) is 0 Å². The molecule has 0 rings (SSSR count). The summed E-state index contributed by atoms with van der Waals surface area (Å²) in [6, 6.07) is 0. The molecule has 0 bridgehead atoms. The molecule has 492 valence electrons. The van der Waals surface area contributed by atoms with Crippen LogP contribution in [0.15, 0.2) is 0 Å². The van der Waals surface area contributed by atoms with Gasteiger partial charge < -0.3 is 33.8 Å². The van der Waals surface area contributed by atoms with Gasteiger partial charge in [-0.2, -0.15) is 0 Å². The van der Waals surface area contributed by atoms with E-state index < -0.39 is 97.5 Å². The molecule has 0 aliphatic rings. The summed E-state index contributed by atoms with van der Waals surface area (Å²) in [5, 5.41) is 10.5. The molecule has 0 spiro atoms. The normalized spacial score (nSPS) is 14.3. The summed E-state index contributed by atoms with van der Waals surface area (Å²) >= 11 is 0. The molecule has 19 heteroatoms. The van der Waals surface area contributed by atoms with Gasteiger partial charge in [0, 0.05) is 25.7 Å². The lowest BCUT2D eigenvalue weighted by Crippen LogP contribution is -2.30. The van der Waals surface area contributed by atoms with Crippen LogP contribution in [0.25, 0.3) is 0 Å². The molecule has 0 aromatic rings. The summed E-state index contributed by atoms with van der Waals surface area (Å²) in [6.07, 6.45) is 39.1. The molecule has 0 aliphatic heterocycles. The first-order valence-corrected chi connectivity index (χ1v) is 36.5. The van der Waals surface area contributed by atoms with Crippen LogP contribution in [0.1, 0.15) is 318 Å². The smallest absolute Gasteiger partial charge is 0.462 e. The van der Waals surface area contributed by atoms with Gasteiger partial charge in [0.2, 0.25) is 0 Å². The van der Waals surface area contributed by atoms with Crippen molar-refractivity contribution in [1.82, 2.24) is 0 Å². The Morgan fingerprint density at radius 1 is 0.325 bits per heavy atom. The van der Waals surface area contributed by atoms with Crippen molar-refractivity contribution in [3.8, 4) is 0 Å². The molecule has 0 aromatic heterocycles. The number of unbranched alkanes of at least 4 members (excludes halogenated alkanes) is 33. The molecule has 0 amide bonds. The maximum atomic E-state index is 13.0. The van der Waals surface area contributed by atoms with E-state index in [-0.39, 0.29) is 25.7 Å². The summed E-state index contributed by atoms with van der Waals surface area (Å²) in [5.74, 6) is -0.735. The Labute approximate surface area is 505 Å². The van der Waals surface area contributed by atoms with Gasteiger partial charge in [-0.1, -0.05) is 266 Å². The summed E-state index contributed by atoms with van der Waals surface area (Å²) in [4.78, 5) is 72.2. The number of esters is 4. The average Bonchev–Trinajstić information content (AvgIpc) is 3.45. The first-order chi connectivity index (χ1) is 39.9. The SMILES string of the molecule is CCCCCCCCCCCCCCCCC(=O)O[C@H](COC(=O)CCCCCCCCCC(C)C)COP(=O)(O)OC[C@@H](O)COP(=O)(O)OC[C@@H](COC(=O)CCCCCCCCCCC)OC(=O)CCCCCCCCCC(C)C. The van der Waals surface area contributed by atoms with Gasteiger partial charge >= 0.3 is 39.5 Å². The van der Waals surface area contributed by atoms with Gasteiger partial charge in [-0.05, 0) is 37.5 Å². The minimum Gasteiger partial charge on any atom is -0.462 e. The first kappa shape index (κ1) is 81.1. The van der Waals surface area contributed by atoms with Gasteiger partial charge in [-0.25, -0.2) is 9.13 Å². The van der Waals surface area contributed by atoms with E-state index in [0.29, 0.717) is 37.5 Å². The quantitative estimate of drug-likeness (QED) is 0.0222. The summed E-state index contributed by atoms with van der Waals surface area (Å²) in [5.41, 5.74) is 0. The van der Waals surface area contributed by atoms with Crippen molar-refractivity contribution in [1.29, 1.82) is 0 Å². The van der Waals surface area contributed by atoms with E-state index in [1.165, 1.54) is 128 Å². The van der Waals surface area contributed by atoms with Crippen molar-refractivity contribution in [2.24, 2.45) is 11.8 Å². The molecule has 0 radical (unpaired) electrons. The van der Waals surface area contributed by atoms with Crippen LogP contribution in [0.5, 0.6) is 0 Å². The number of aliphatic hydroxyl groups excluding tert-OH is 1. The van der Waals surface area contributed by atoms with E-state index in [4.69, 9.17) is 37.0 Å². The Morgan fingerprint density at radius 3 is 0.819 bits per heavy atom. The standard InChI is InChI=1S/C64H124O17P2/c1-7-9-11-13-15-17-18-19-20-21-23-29-36-42-48-63(68)80-59(53-75-62(67)47-41-35-30-24-26-32-38-44-56(3)4)54-78-82(70,71)76-50-58(65)51-77-83(72,73)79-55-60(52-74-61(66)46-40-34-28-22-16-14-12-10-8-2)81-64(69)49-43-37-31-25-27-33-39-45-57(5)6/h56-60,65H,7-55H2,1-6H3,(H,70,71)(H,72,73)/t58-,59-,60-/m1/s1. The van der Waals surface area contributed by atoms with Crippen molar-refractivity contribution < 1.29 is 80.2 Å². The lowest BCUT2D eigenvalue weighted by atomic mass is 10.0. The van der Waals surface area contributed by atoms with Crippen molar-refractivity contribution in [3.63, 3.8) is 0 Å². The molecule has 0 heterocycles. The average molecular weight is 1230 g/mol. The number of carbonyl (C=O) groups is 4. The van der Waals surface area contributed by atoms with E-state index in [9.17, 15) is 43.2 Å². The highest BCUT2D eigenvalue weighted by Crippen LogP contribution is 2.45. The highest BCUT2D eigenvalue weighted by molar-refractivity contribution is 7.47. The number of aliphatic hydroxyl groups is 1. The number of rotatable bonds is 63. The van der Waals surface area contributed by atoms with Crippen LogP contribution in [0.3, 0.4) is 0 Å². The third kappa shape index (κ3) is 58.8. The van der Waals surface area contributed by atoms with Crippen molar-refractivity contribution in [3.05, 3.63) is 0 Å². The number of phosphoric acid groups is 2. The highest BCUT2D eigenvalue weighted by atomic mass is 31.2. The summed E-state index contributed by atoms with van der Waals surface area (Å²) < 4.78 is 67.9. The van der Waals surface area contributed by atoms with Gasteiger partial charge in [0.05, 0.1) is 26.4 Å². The predicted octanol–water partition coefficient (Wildman–Crippen LogP) is 17.7. The van der Waals surface area contributed by atoms with E-state index in [2.05, 4.69) is 41.5 Å². The third-order valence-corrected chi connectivity index (χ3v) is 16.6. The maximum absolute atomic E-state index is 13.0. The topological polar surface area (TPSA) is 237 Å². The maximum Gasteiger partial charge on any atom is 0.472 e. The number of hydrogen-bond acceptors (Lipinski definition) is 15. The molecule has 0 saturated heterocycles. The zero-order chi connectivity index (χ0) is 61.5. The molecule has 2 unspecified atom stereocenters. The van der Waals surface area contributed by atoms with Crippen molar-refractivity contribution in [2.45, 2.75) is 336 Å². The molecular weight excluding hydrogens is 1100 g/mol. The fourth-order valence-electron chi connectivity index (χ4n) is 9.53. The van der Waals surface area contributed by atoms with Gasteiger partial charge in [-0.3, -0.25) is 37.3 Å². The van der Waals surface area contributed by atoms with Gasteiger partial charge in [0.1, 0.15) is 19.3 Å². The zero-order valence-corrected chi connectivity index (χ0v) is 55.3. The lowest BCUT2D eigenvalue weighted by molar-refractivity contribution is -0.161. The van der Waals surface area contributed by atoms with Gasteiger partial charge in [0.15, 0.2) is 12.2 Å². The van der Waals surface area contributed by atoms with Crippen LogP contribution in [-0.4, -0.2) is 96.7 Å². The van der Waals surface area contributed by atoms with Crippen LogP contribution in [0.2, 0.25) is 0 Å². The molecule has 0 saturated carbocycles. The van der Waals surface area contributed by atoms with Crippen molar-refractivity contribution in [2.75, 3.05) is 39.6 Å². The molecule has 0 aromatic carbocycles. The monoisotopic (exact) mass is 1230 g/mol.